The number of rotatable bonds is 4. The Morgan fingerprint density at radius 1 is 1.19 bits per heavy atom. The Morgan fingerprint density at radius 2 is 1.81 bits per heavy atom. The molecule has 0 spiro atoms. The van der Waals surface area contributed by atoms with Gasteiger partial charge in [-0.3, -0.25) is 9.59 Å². The highest BCUT2D eigenvalue weighted by atomic mass is 16.4. The highest BCUT2D eigenvalue weighted by Gasteiger charge is 2.24. The summed E-state index contributed by atoms with van der Waals surface area (Å²) in [5.74, 6) is -0.428. The number of carbonyl (C=O) groups is 2. The molecule has 0 saturated carbocycles. The SMILES string of the molecule is Cc1oc(-c2ccccc2)c(C(=O)N[C@@H](C)C(=O)O)c1C. The molecule has 2 aromatic rings. The minimum absolute atomic E-state index is 0.381. The molecule has 5 heteroatoms. The maximum absolute atomic E-state index is 12.4. The summed E-state index contributed by atoms with van der Waals surface area (Å²) in [6.07, 6.45) is 0. The van der Waals surface area contributed by atoms with Crippen molar-refractivity contribution in [2.75, 3.05) is 0 Å². The normalized spacial score (nSPS) is 12.0. The second kappa shape index (κ2) is 5.83. The van der Waals surface area contributed by atoms with Gasteiger partial charge in [0.15, 0.2) is 0 Å². The van der Waals surface area contributed by atoms with Gasteiger partial charge in [0, 0.05) is 11.1 Å². The third-order valence-electron chi connectivity index (χ3n) is 3.37. The summed E-state index contributed by atoms with van der Waals surface area (Å²) >= 11 is 0. The fourth-order valence-corrected chi connectivity index (χ4v) is 2.02. The highest BCUT2D eigenvalue weighted by molar-refractivity contribution is 6.02. The first-order valence-electron chi connectivity index (χ1n) is 6.61. The second-order valence-corrected chi connectivity index (χ2v) is 4.89. The van der Waals surface area contributed by atoms with E-state index in [1.54, 1.807) is 13.8 Å². The monoisotopic (exact) mass is 287 g/mol. The molecule has 5 nitrogen and oxygen atoms in total. The molecule has 0 aliphatic heterocycles. The minimum atomic E-state index is -1.08. The lowest BCUT2D eigenvalue weighted by Crippen LogP contribution is -2.38. The first-order valence-corrected chi connectivity index (χ1v) is 6.61. The Hall–Kier alpha value is -2.56. The quantitative estimate of drug-likeness (QED) is 0.906. The maximum Gasteiger partial charge on any atom is 0.325 e. The highest BCUT2D eigenvalue weighted by Crippen LogP contribution is 2.30. The van der Waals surface area contributed by atoms with Crippen molar-refractivity contribution in [3.63, 3.8) is 0 Å². The van der Waals surface area contributed by atoms with Crippen molar-refractivity contribution in [1.82, 2.24) is 5.32 Å². The van der Waals surface area contributed by atoms with Crippen molar-refractivity contribution in [3.05, 3.63) is 47.2 Å². The van der Waals surface area contributed by atoms with Crippen LogP contribution in [-0.2, 0) is 4.79 Å². The number of furan rings is 1. The molecule has 0 unspecified atom stereocenters. The van der Waals surface area contributed by atoms with E-state index in [1.807, 2.05) is 30.3 Å². The van der Waals surface area contributed by atoms with Crippen LogP contribution in [0.25, 0.3) is 11.3 Å². The molecular weight excluding hydrogens is 270 g/mol. The van der Waals surface area contributed by atoms with Crippen LogP contribution in [0.4, 0.5) is 0 Å². The predicted octanol–water partition coefficient (Wildman–Crippen LogP) is 2.77. The average Bonchev–Trinajstić information content (AvgIpc) is 2.75. The lowest BCUT2D eigenvalue weighted by molar-refractivity contribution is -0.138. The third-order valence-corrected chi connectivity index (χ3v) is 3.37. The first kappa shape index (κ1) is 14.8. The van der Waals surface area contributed by atoms with E-state index in [1.165, 1.54) is 6.92 Å². The molecule has 0 aliphatic rings. The number of hydrogen-bond acceptors (Lipinski definition) is 3. The zero-order valence-electron chi connectivity index (χ0n) is 12.1. The predicted molar refractivity (Wildman–Crippen MR) is 78.2 cm³/mol. The number of carboxylic acids is 1. The Balaban J connectivity index is 2.44. The van der Waals surface area contributed by atoms with E-state index in [0.717, 1.165) is 5.56 Å². The van der Waals surface area contributed by atoms with Gasteiger partial charge < -0.3 is 14.8 Å². The number of amides is 1. The Kier molecular flexibility index (Phi) is 4.12. The van der Waals surface area contributed by atoms with Crippen molar-refractivity contribution < 1.29 is 19.1 Å². The molecule has 1 amide bonds. The van der Waals surface area contributed by atoms with E-state index in [0.29, 0.717) is 22.6 Å². The molecule has 0 radical (unpaired) electrons. The van der Waals surface area contributed by atoms with Crippen LogP contribution in [0.3, 0.4) is 0 Å². The molecule has 1 atom stereocenters. The summed E-state index contributed by atoms with van der Waals surface area (Å²) in [6, 6.07) is 8.30. The van der Waals surface area contributed by atoms with Gasteiger partial charge in [0.25, 0.3) is 5.91 Å². The molecule has 110 valence electrons. The standard InChI is InChI=1S/C16H17NO4/c1-9-11(3)21-14(12-7-5-4-6-8-12)13(9)15(18)17-10(2)16(19)20/h4-8,10H,1-3H3,(H,17,18)(H,19,20)/t10-/m0/s1. The number of aliphatic carboxylic acids is 1. The minimum Gasteiger partial charge on any atom is -0.480 e. The van der Waals surface area contributed by atoms with Crippen LogP contribution < -0.4 is 5.32 Å². The summed E-state index contributed by atoms with van der Waals surface area (Å²) in [5.41, 5.74) is 1.87. The van der Waals surface area contributed by atoms with Crippen molar-refractivity contribution in [1.29, 1.82) is 0 Å². The lowest BCUT2D eigenvalue weighted by atomic mass is 10.0. The Labute approximate surface area is 122 Å². The van der Waals surface area contributed by atoms with Gasteiger partial charge in [0.1, 0.15) is 17.6 Å². The van der Waals surface area contributed by atoms with Crippen LogP contribution in [0.1, 0.15) is 28.6 Å². The molecule has 1 aromatic heterocycles. The van der Waals surface area contributed by atoms with Gasteiger partial charge in [-0.2, -0.15) is 0 Å². The smallest absolute Gasteiger partial charge is 0.325 e. The van der Waals surface area contributed by atoms with Gasteiger partial charge >= 0.3 is 5.97 Å². The van der Waals surface area contributed by atoms with E-state index in [2.05, 4.69) is 5.32 Å². The Bertz CT molecular complexity index is 673. The van der Waals surface area contributed by atoms with Crippen LogP contribution in [0.15, 0.2) is 34.7 Å². The molecule has 0 saturated heterocycles. The summed E-state index contributed by atoms with van der Waals surface area (Å²) in [6.45, 7) is 4.98. The number of benzene rings is 1. The van der Waals surface area contributed by atoms with Gasteiger partial charge in [0.05, 0.1) is 5.56 Å². The number of nitrogens with one attached hydrogen (secondary N) is 1. The van der Waals surface area contributed by atoms with Gasteiger partial charge in [-0.15, -0.1) is 0 Å². The van der Waals surface area contributed by atoms with E-state index in [4.69, 9.17) is 9.52 Å². The molecular formula is C16H17NO4. The molecule has 0 fully saturated rings. The zero-order valence-corrected chi connectivity index (χ0v) is 12.1. The number of hydrogen-bond donors (Lipinski definition) is 2. The molecule has 1 heterocycles. The van der Waals surface area contributed by atoms with E-state index >= 15 is 0 Å². The average molecular weight is 287 g/mol. The van der Waals surface area contributed by atoms with Crippen LogP contribution in [-0.4, -0.2) is 23.0 Å². The summed E-state index contributed by atoms with van der Waals surface area (Å²) in [4.78, 5) is 23.2. The van der Waals surface area contributed by atoms with Crippen molar-refractivity contribution in [3.8, 4) is 11.3 Å². The largest absolute Gasteiger partial charge is 0.480 e. The van der Waals surface area contributed by atoms with E-state index < -0.39 is 17.9 Å². The molecule has 2 rings (SSSR count). The van der Waals surface area contributed by atoms with Crippen molar-refractivity contribution in [2.45, 2.75) is 26.8 Å². The zero-order chi connectivity index (χ0) is 15.6. The molecule has 0 bridgehead atoms. The summed E-state index contributed by atoms with van der Waals surface area (Å²) < 4.78 is 5.69. The second-order valence-electron chi connectivity index (χ2n) is 4.89. The van der Waals surface area contributed by atoms with Gasteiger partial charge in [-0.1, -0.05) is 30.3 Å². The Morgan fingerprint density at radius 3 is 2.38 bits per heavy atom. The van der Waals surface area contributed by atoms with Crippen molar-refractivity contribution >= 4 is 11.9 Å². The van der Waals surface area contributed by atoms with Crippen LogP contribution in [0.5, 0.6) is 0 Å². The van der Waals surface area contributed by atoms with Gasteiger partial charge in [0.2, 0.25) is 0 Å². The lowest BCUT2D eigenvalue weighted by Gasteiger charge is -2.10. The fraction of sp³-hybridized carbons (Fsp3) is 0.250. The molecule has 1 aromatic carbocycles. The van der Waals surface area contributed by atoms with Gasteiger partial charge in [-0.25, -0.2) is 0 Å². The van der Waals surface area contributed by atoms with E-state index in [-0.39, 0.29) is 0 Å². The first-order chi connectivity index (χ1) is 9.91. The molecule has 21 heavy (non-hydrogen) atoms. The number of aryl methyl sites for hydroxylation is 1. The molecule has 0 aliphatic carbocycles. The fourth-order valence-electron chi connectivity index (χ4n) is 2.02. The van der Waals surface area contributed by atoms with E-state index in [9.17, 15) is 9.59 Å². The summed E-state index contributed by atoms with van der Waals surface area (Å²) in [5, 5.41) is 11.4. The number of carboxylic acid groups (broad SMARTS) is 1. The topological polar surface area (TPSA) is 79.5 Å². The van der Waals surface area contributed by atoms with Gasteiger partial charge in [-0.05, 0) is 20.8 Å². The van der Waals surface area contributed by atoms with Crippen LogP contribution in [0.2, 0.25) is 0 Å². The third kappa shape index (κ3) is 2.97. The molecule has 2 N–H and O–H groups in total. The number of carbonyl (C=O) groups excluding carboxylic acids is 1. The van der Waals surface area contributed by atoms with Crippen LogP contribution in [0, 0.1) is 13.8 Å². The van der Waals surface area contributed by atoms with Crippen LogP contribution >= 0.6 is 0 Å². The summed E-state index contributed by atoms with van der Waals surface area (Å²) in [7, 11) is 0. The van der Waals surface area contributed by atoms with Crippen molar-refractivity contribution in [2.24, 2.45) is 0 Å². The maximum atomic E-state index is 12.4.